The molecule has 0 atom stereocenters. The van der Waals surface area contributed by atoms with Crippen LogP contribution in [0.4, 0.5) is 4.39 Å². The van der Waals surface area contributed by atoms with Gasteiger partial charge in [0.15, 0.2) is 0 Å². The van der Waals surface area contributed by atoms with Crippen LogP contribution in [0, 0.1) is 12.7 Å². The van der Waals surface area contributed by atoms with E-state index in [0.29, 0.717) is 0 Å². The molecule has 0 spiro atoms. The smallest absolute Gasteiger partial charge is 0.123 e. The molecular weight excluding hydrogens is 179 g/mol. The van der Waals surface area contributed by atoms with Crippen molar-refractivity contribution in [3.05, 3.63) is 47.9 Å². The molecule has 2 nitrogen and oxygen atoms in total. The highest BCUT2D eigenvalue weighted by atomic mass is 19.1. The zero-order chi connectivity index (χ0) is 9.97. The van der Waals surface area contributed by atoms with Crippen molar-refractivity contribution < 1.29 is 4.39 Å². The molecule has 2 rings (SSSR count). The third kappa shape index (κ3) is 1.62. The zero-order valence-electron chi connectivity index (χ0n) is 7.74. The van der Waals surface area contributed by atoms with Crippen molar-refractivity contribution in [2.24, 2.45) is 0 Å². The van der Waals surface area contributed by atoms with E-state index in [0.717, 1.165) is 16.8 Å². The number of nitrogens with zero attached hydrogens (tertiary/aromatic N) is 2. The summed E-state index contributed by atoms with van der Waals surface area (Å²) in [6.45, 7) is 1.95. The number of benzene rings is 1. The molecule has 70 valence electrons. The quantitative estimate of drug-likeness (QED) is 0.687. The fraction of sp³-hybridized carbons (Fsp3) is 0.0909. The van der Waals surface area contributed by atoms with Crippen LogP contribution in [-0.2, 0) is 0 Å². The van der Waals surface area contributed by atoms with E-state index in [-0.39, 0.29) is 5.82 Å². The van der Waals surface area contributed by atoms with Gasteiger partial charge >= 0.3 is 0 Å². The van der Waals surface area contributed by atoms with Gasteiger partial charge in [0.05, 0.1) is 5.69 Å². The van der Waals surface area contributed by atoms with Crippen molar-refractivity contribution in [3.63, 3.8) is 0 Å². The van der Waals surface area contributed by atoms with Crippen LogP contribution in [0.5, 0.6) is 0 Å². The van der Waals surface area contributed by atoms with Crippen LogP contribution >= 0.6 is 0 Å². The van der Waals surface area contributed by atoms with Crippen LogP contribution < -0.4 is 0 Å². The van der Waals surface area contributed by atoms with Gasteiger partial charge in [0.2, 0.25) is 0 Å². The number of hydrogen-bond donors (Lipinski definition) is 0. The van der Waals surface area contributed by atoms with Crippen molar-refractivity contribution >= 4 is 0 Å². The Balaban J connectivity index is 2.50. The maximum absolute atomic E-state index is 12.7. The Hall–Kier alpha value is -1.77. The molecule has 0 unspecified atom stereocenters. The molecule has 0 saturated heterocycles. The van der Waals surface area contributed by atoms with Crippen LogP contribution in [-0.4, -0.2) is 10.2 Å². The van der Waals surface area contributed by atoms with Gasteiger partial charge in [-0.05, 0) is 42.8 Å². The van der Waals surface area contributed by atoms with Gasteiger partial charge in [0.1, 0.15) is 5.82 Å². The van der Waals surface area contributed by atoms with Crippen LogP contribution in [0.2, 0.25) is 0 Å². The second-order valence-corrected chi connectivity index (χ2v) is 3.07. The van der Waals surface area contributed by atoms with Gasteiger partial charge in [-0.1, -0.05) is 0 Å². The summed E-state index contributed by atoms with van der Waals surface area (Å²) in [4.78, 5) is 0. The maximum atomic E-state index is 12.7. The number of halogens is 1. The molecule has 0 aliphatic rings. The highest BCUT2D eigenvalue weighted by Crippen LogP contribution is 2.19. The van der Waals surface area contributed by atoms with Crippen LogP contribution in [0.3, 0.4) is 0 Å². The molecule has 2 aromatic rings. The summed E-state index contributed by atoms with van der Waals surface area (Å²) < 4.78 is 12.7. The van der Waals surface area contributed by atoms with E-state index in [9.17, 15) is 4.39 Å². The van der Waals surface area contributed by atoms with Crippen molar-refractivity contribution in [2.75, 3.05) is 0 Å². The number of aromatic nitrogens is 2. The number of aryl methyl sites for hydroxylation is 1. The largest absolute Gasteiger partial charge is 0.207 e. The zero-order valence-corrected chi connectivity index (χ0v) is 7.74. The molecule has 1 aromatic heterocycles. The van der Waals surface area contributed by atoms with Gasteiger partial charge < -0.3 is 0 Å². The summed E-state index contributed by atoms with van der Waals surface area (Å²) in [7, 11) is 0. The average Bonchev–Trinajstić information content (AvgIpc) is 2.20. The van der Waals surface area contributed by atoms with E-state index >= 15 is 0 Å². The highest BCUT2D eigenvalue weighted by molar-refractivity contribution is 5.61. The predicted octanol–water partition coefficient (Wildman–Crippen LogP) is 2.59. The molecule has 0 aliphatic carbocycles. The minimum absolute atomic E-state index is 0.240. The van der Waals surface area contributed by atoms with Crippen molar-refractivity contribution in [2.45, 2.75) is 6.92 Å². The van der Waals surface area contributed by atoms with Crippen LogP contribution in [0.25, 0.3) is 11.3 Å². The lowest BCUT2D eigenvalue weighted by Gasteiger charge is -2.02. The summed E-state index contributed by atoms with van der Waals surface area (Å²) in [6, 6.07) is 8.12. The highest BCUT2D eigenvalue weighted by Gasteiger charge is 2.02. The molecule has 1 aromatic carbocycles. The Bertz CT molecular complexity index is 437. The second kappa shape index (κ2) is 3.54. The summed E-state index contributed by atoms with van der Waals surface area (Å²) in [5.74, 6) is -0.240. The van der Waals surface area contributed by atoms with E-state index in [1.165, 1.54) is 12.1 Å². The van der Waals surface area contributed by atoms with Gasteiger partial charge in [-0.25, -0.2) is 4.39 Å². The van der Waals surface area contributed by atoms with Gasteiger partial charge in [-0.15, -0.1) is 0 Å². The number of rotatable bonds is 1. The minimum Gasteiger partial charge on any atom is -0.207 e. The summed E-state index contributed by atoms with van der Waals surface area (Å²) in [5.41, 5.74) is 2.72. The van der Waals surface area contributed by atoms with Crippen LogP contribution in [0.1, 0.15) is 5.56 Å². The Kier molecular flexibility index (Phi) is 2.23. The molecule has 0 radical (unpaired) electrons. The third-order valence-corrected chi connectivity index (χ3v) is 2.04. The molecule has 0 bridgehead atoms. The van der Waals surface area contributed by atoms with Crippen molar-refractivity contribution in [1.82, 2.24) is 10.2 Å². The molecular formula is C11H9FN2. The van der Waals surface area contributed by atoms with Gasteiger partial charge in [0.25, 0.3) is 0 Å². The Labute approximate surface area is 81.4 Å². The van der Waals surface area contributed by atoms with Gasteiger partial charge in [-0.2, -0.15) is 10.2 Å². The Morgan fingerprint density at radius 3 is 2.43 bits per heavy atom. The fourth-order valence-electron chi connectivity index (χ4n) is 1.29. The normalized spacial score (nSPS) is 10.1. The molecule has 0 saturated carbocycles. The SMILES string of the molecule is Cc1ccnnc1-c1ccc(F)cc1. The van der Waals surface area contributed by atoms with Gasteiger partial charge in [-0.3, -0.25) is 0 Å². The first-order valence-electron chi connectivity index (χ1n) is 4.31. The summed E-state index contributed by atoms with van der Waals surface area (Å²) >= 11 is 0. The Morgan fingerprint density at radius 2 is 1.79 bits per heavy atom. The lowest BCUT2D eigenvalue weighted by molar-refractivity contribution is 0.628. The number of hydrogen-bond acceptors (Lipinski definition) is 2. The monoisotopic (exact) mass is 188 g/mol. The molecule has 0 amide bonds. The second-order valence-electron chi connectivity index (χ2n) is 3.07. The topological polar surface area (TPSA) is 25.8 Å². The molecule has 0 aliphatic heterocycles. The lowest BCUT2D eigenvalue weighted by atomic mass is 10.1. The van der Waals surface area contributed by atoms with Gasteiger partial charge in [0, 0.05) is 11.8 Å². The lowest BCUT2D eigenvalue weighted by Crippen LogP contribution is -1.90. The minimum atomic E-state index is -0.240. The standard InChI is InChI=1S/C11H9FN2/c1-8-6-7-13-14-11(8)9-2-4-10(12)5-3-9/h2-7H,1H3. The molecule has 1 heterocycles. The molecule has 3 heteroatoms. The first kappa shape index (κ1) is 8.81. The van der Waals surface area contributed by atoms with E-state index in [2.05, 4.69) is 10.2 Å². The van der Waals surface area contributed by atoms with E-state index in [1.54, 1.807) is 18.3 Å². The first-order valence-corrected chi connectivity index (χ1v) is 4.31. The predicted molar refractivity (Wildman–Crippen MR) is 52.2 cm³/mol. The summed E-state index contributed by atoms with van der Waals surface area (Å²) in [5, 5.41) is 7.81. The first-order chi connectivity index (χ1) is 6.77. The van der Waals surface area contributed by atoms with E-state index in [4.69, 9.17) is 0 Å². The summed E-state index contributed by atoms with van der Waals surface area (Å²) in [6.07, 6.45) is 1.64. The molecule has 0 fully saturated rings. The fourth-order valence-corrected chi connectivity index (χ4v) is 1.29. The van der Waals surface area contributed by atoms with E-state index in [1.807, 2.05) is 13.0 Å². The van der Waals surface area contributed by atoms with Crippen LogP contribution in [0.15, 0.2) is 36.5 Å². The van der Waals surface area contributed by atoms with Crippen molar-refractivity contribution in [3.8, 4) is 11.3 Å². The van der Waals surface area contributed by atoms with Crippen molar-refractivity contribution in [1.29, 1.82) is 0 Å². The average molecular weight is 188 g/mol. The maximum Gasteiger partial charge on any atom is 0.123 e. The van der Waals surface area contributed by atoms with E-state index < -0.39 is 0 Å². The molecule has 0 N–H and O–H groups in total. The molecule has 14 heavy (non-hydrogen) atoms. The third-order valence-electron chi connectivity index (χ3n) is 2.04. The Morgan fingerprint density at radius 1 is 1.07 bits per heavy atom.